The van der Waals surface area contributed by atoms with Crippen molar-refractivity contribution in [2.24, 2.45) is 0 Å². The summed E-state index contributed by atoms with van der Waals surface area (Å²) in [5.74, 6) is -0.279. The molecule has 1 amide bonds. The van der Waals surface area contributed by atoms with E-state index in [-0.39, 0.29) is 17.6 Å². The van der Waals surface area contributed by atoms with Crippen molar-refractivity contribution in [2.45, 2.75) is 25.3 Å². The van der Waals surface area contributed by atoms with Crippen LogP contribution in [0.15, 0.2) is 42.5 Å². The smallest absolute Gasteiger partial charge is 0.293 e. The first-order valence-corrected chi connectivity index (χ1v) is 9.63. The molecule has 2 aromatic carbocycles. The summed E-state index contributed by atoms with van der Waals surface area (Å²) in [6, 6.07) is 12.8. The summed E-state index contributed by atoms with van der Waals surface area (Å²) >= 11 is 0. The maximum absolute atomic E-state index is 12.8. The molecule has 1 aliphatic heterocycles. The van der Waals surface area contributed by atoms with Gasteiger partial charge in [0.15, 0.2) is 0 Å². The Morgan fingerprint density at radius 3 is 2.75 bits per heavy atom. The van der Waals surface area contributed by atoms with Crippen molar-refractivity contribution < 1.29 is 14.5 Å². The second-order valence-corrected chi connectivity index (χ2v) is 7.18. The van der Waals surface area contributed by atoms with Crippen molar-refractivity contribution in [3.8, 4) is 0 Å². The lowest BCUT2D eigenvalue weighted by atomic mass is 9.87. The lowest BCUT2D eigenvalue weighted by Crippen LogP contribution is -2.36. The molecule has 7 heteroatoms. The van der Waals surface area contributed by atoms with Gasteiger partial charge in [-0.05, 0) is 42.5 Å². The number of amides is 1. The van der Waals surface area contributed by atoms with Crippen LogP contribution in [0.3, 0.4) is 0 Å². The number of hydrogen-bond acceptors (Lipinski definition) is 5. The molecule has 1 heterocycles. The van der Waals surface area contributed by atoms with Crippen LogP contribution >= 0.6 is 0 Å². The first-order valence-electron chi connectivity index (χ1n) is 9.63. The van der Waals surface area contributed by atoms with Gasteiger partial charge >= 0.3 is 0 Å². The van der Waals surface area contributed by atoms with E-state index in [2.05, 4.69) is 11.4 Å². The molecule has 1 atom stereocenters. The molecule has 1 N–H and O–H groups in total. The SMILES string of the molecule is O=C(N[C@H]1CCCc2ccccc21)c1ccc(N2CCOCC2)c([N+](=O)[O-])c1. The Balaban J connectivity index is 1.56. The summed E-state index contributed by atoms with van der Waals surface area (Å²) < 4.78 is 5.32. The number of ether oxygens (including phenoxy) is 1. The van der Waals surface area contributed by atoms with Crippen LogP contribution in [0.4, 0.5) is 11.4 Å². The molecule has 0 unspecified atom stereocenters. The van der Waals surface area contributed by atoms with Gasteiger partial charge in [0.1, 0.15) is 5.69 Å². The number of morpholine rings is 1. The fourth-order valence-corrected chi connectivity index (χ4v) is 4.03. The highest BCUT2D eigenvalue weighted by Gasteiger charge is 2.25. The van der Waals surface area contributed by atoms with Crippen LogP contribution in [-0.2, 0) is 11.2 Å². The molecular weight excluding hydrogens is 358 g/mol. The van der Waals surface area contributed by atoms with E-state index in [0.29, 0.717) is 37.6 Å². The summed E-state index contributed by atoms with van der Waals surface area (Å²) in [6.07, 6.45) is 2.90. The van der Waals surface area contributed by atoms with E-state index in [9.17, 15) is 14.9 Å². The molecule has 2 aliphatic rings. The highest BCUT2D eigenvalue weighted by molar-refractivity contribution is 5.96. The molecule has 146 valence electrons. The lowest BCUT2D eigenvalue weighted by molar-refractivity contribution is -0.384. The summed E-state index contributed by atoms with van der Waals surface area (Å²) in [6.45, 7) is 2.29. The number of rotatable bonds is 4. The van der Waals surface area contributed by atoms with E-state index >= 15 is 0 Å². The number of carbonyl (C=O) groups is 1. The number of hydrogen-bond donors (Lipinski definition) is 1. The van der Waals surface area contributed by atoms with Gasteiger partial charge in [0.05, 0.1) is 24.2 Å². The summed E-state index contributed by atoms with van der Waals surface area (Å²) in [5.41, 5.74) is 3.20. The number of benzene rings is 2. The minimum Gasteiger partial charge on any atom is -0.378 e. The average molecular weight is 381 g/mol. The Bertz CT molecular complexity index is 893. The third kappa shape index (κ3) is 3.71. The topological polar surface area (TPSA) is 84.7 Å². The third-order valence-corrected chi connectivity index (χ3v) is 5.46. The van der Waals surface area contributed by atoms with Crippen LogP contribution < -0.4 is 10.2 Å². The van der Waals surface area contributed by atoms with Crippen molar-refractivity contribution >= 4 is 17.3 Å². The number of nitrogens with zero attached hydrogens (tertiary/aromatic N) is 2. The second-order valence-electron chi connectivity index (χ2n) is 7.18. The van der Waals surface area contributed by atoms with Gasteiger partial charge in [0.25, 0.3) is 11.6 Å². The largest absolute Gasteiger partial charge is 0.378 e. The molecule has 0 aromatic heterocycles. The number of nitro groups is 1. The number of aryl methyl sites for hydroxylation is 1. The molecule has 0 saturated carbocycles. The normalized spacial score (nSPS) is 19.0. The monoisotopic (exact) mass is 381 g/mol. The fraction of sp³-hybridized carbons (Fsp3) is 0.381. The van der Waals surface area contributed by atoms with Crippen LogP contribution in [0.5, 0.6) is 0 Å². The Labute approximate surface area is 163 Å². The van der Waals surface area contributed by atoms with Gasteiger partial charge in [-0.1, -0.05) is 24.3 Å². The fourth-order valence-electron chi connectivity index (χ4n) is 4.03. The second kappa shape index (κ2) is 7.98. The summed E-state index contributed by atoms with van der Waals surface area (Å²) in [5, 5.41) is 14.7. The summed E-state index contributed by atoms with van der Waals surface area (Å²) in [7, 11) is 0. The molecule has 1 saturated heterocycles. The third-order valence-electron chi connectivity index (χ3n) is 5.46. The number of nitrogens with one attached hydrogen (secondary N) is 1. The number of fused-ring (bicyclic) bond motifs is 1. The highest BCUT2D eigenvalue weighted by atomic mass is 16.6. The molecule has 2 aromatic rings. The Morgan fingerprint density at radius 2 is 1.96 bits per heavy atom. The molecule has 0 bridgehead atoms. The van der Waals surface area contributed by atoms with Crippen LogP contribution in [-0.4, -0.2) is 37.1 Å². The van der Waals surface area contributed by atoms with E-state index in [1.54, 1.807) is 12.1 Å². The van der Waals surface area contributed by atoms with Gasteiger partial charge in [-0.2, -0.15) is 0 Å². The van der Waals surface area contributed by atoms with Gasteiger partial charge in [0, 0.05) is 24.7 Å². The first-order chi connectivity index (χ1) is 13.6. The maximum atomic E-state index is 12.8. The maximum Gasteiger partial charge on any atom is 0.293 e. The van der Waals surface area contributed by atoms with Gasteiger partial charge in [-0.25, -0.2) is 0 Å². The molecule has 4 rings (SSSR count). The molecule has 1 fully saturated rings. The van der Waals surface area contributed by atoms with Crippen molar-refractivity contribution in [2.75, 3.05) is 31.2 Å². The van der Waals surface area contributed by atoms with Gasteiger partial charge in [-0.15, -0.1) is 0 Å². The standard InChI is InChI=1S/C21H23N3O4/c25-21(22-18-7-3-5-15-4-1-2-6-17(15)18)16-8-9-19(20(14-16)24(26)27)23-10-12-28-13-11-23/h1-2,4,6,8-9,14,18H,3,5,7,10-13H2,(H,22,25)/t18-/m0/s1. The molecular formula is C21H23N3O4. The zero-order valence-electron chi connectivity index (χ0n) is 15.6. The lowest BCUT2D eigenvalue weighted by Gasteiger charge is -2.28. The Morgan fingerprint density at radius 1 is 1.18 bits per heavy atom. The van der Waals surface area contributed by atoms with Crippen LogP contribution in [0, 0.1) is 10.1 Å². The minimum absolute atomic E-state index is 0.0430. The van der Waals surface area contributed by atoms with Gasteiger partial charge < -0.3 is 15.0 Å². The van der Waals surface area contributed by atoms with E-state index in [4.69, 9.17) is 4.74 Å². The predicted molar refractivity (Wildman–Crippen MR) is 106 cm³/mol. The molecule has 28 heavy (non-hydrogen) atoms. The van der Waals surface area contributed by atoms with Crippen LogP contribution in [0.1, 0.15) is 40.4 Å². The van der Waals surface area contributed by atoms with Crippen molar-refractivity contribution in [3.05, 3.63) is 69.3 Å². The highest BCUT2D eigenvalue weighted by Crippen LogP contribution is 2.32. The molecule has 1 aliphatic carbocycles. The predicted octanol–water partition coefficient (Wildman–Crippen LogP) is 3.24. The number of nitro benzene ring substituents is 1. The Hall–Kier alpha value is -2.93. The van der Waals surface area contributed by atoms with Crippen molar-refractivity contribution in [3.63, 3.8) is 0 Å². The minimum atomic E-state index is -0.419. The van der Waals surface area contributed by atoms with Crippen molar-refractivity contribution in [1.82, 2.24) is 5.32 Å². The zero-order valence-corrected chi connectivity index (χ0v) is 15.6. The van der Waals surface area contributed by atoms with Crippen LogP contribution in [0.2, 0.25) is 0 Å². The van der Waals surface area contributed by atoms with Gasteiger partial charge in [-0.3, -0.25) is 14.9 Å². The van der Waals surface area contributed by atoms with E-state index in [1.807, 2.05) is 23.1 Å². The van der Waals surface area contributed by atoms with E-state index in [0.717, 1.165) is 24.8 Å². The van der Waals surface area contributed by atoms with E-state index < -0.39 is 4.92 Å². The van der Waals surface area contributed by atoms with Crippen LogP contribution in [0.25, 0.3) is 0 Å². The average Bonchev–Trinajstić information content (AvgIpc) is 2.74. The van der Waals surface area contributed by atoms with E-state index in [1.165, 1.54) is 11.6 Å². The quantitative estimate of drug-likeness (QED) is 0.649. The molecule has 0 spiro atoms. The molecule has 7 nitrogen and oxygen atoms in total. The zero-order chi connectivity index (χ0) is 19.5. The van der Waals surface area contributed by atoms with Gasteiger partial charge in [0.2, 0.25) is 0 Å². The Kier molecular flexibility index (Phi) is 5.25. The number of anilines is 1. The number of carbonyl (C=O) groups excluding carboxylic acids is 1. The van der Waals surface area contributed by atoms with Crippen molar-refractivity contribution in [1.29, 1.82) is 0 Å². The first kappa shape index (κ1) is 18.4. The summed E-state index contributed by atoms with van der Waals surface area (Å²) in [4.78, 5) is 25.9. The molecule has 0 radical (unpaired) electrons.